The Morgan fingerprint density at radius 3 is 3.11 bits per heavy atom. The summed E-state index contributed by atoms with van der Waals surface area (Å²) in [4.78, 5) is 10.8. The summed E-state index contributed by atoms with van der Waals surface area (Å²) >= 11 is 1.69. The molecule has 2 heterocycles. The van der Waals surface area contributed by atoms with Crippen LogP contribution in [0.1, 0.15) is 21.7 Å². The molecule has 19 heavy (non-hydrogen) atoms. The monoisotopic (exact) mass is 277 g/mol. The Balaban J connectivity index is 1.61. The molecule has 2 aromatic rings. The summed E-state index contributed by atoms with van der Waals surface area (Å²) in [6.45, 7) is 2.58. The second kappa shape index (κ2) is 5.26. The second-order valence-electron chi connectivity index (χ2n) is 4.31. The smallest absolute Gasteiger partial charge is 0.188 e. The predicted octanol–water partition coefficient (Wildman–Crippen LogP) is 2.19. The van der Waals surface area contributed by atoms with E-state index in [0.717, 1.165) is 22.7 Å². The van der Waals surface area contributed by atoms with Crippen molar-refractivity contribution in [3.63, 3.8) is 0 Å². The van der Waals surface area contributed by atoms with E-state index in [2.05, 4.69) is 4.98 Å². The van der Waals surface area contributed by atoms with E-state index in [1.54, 1.807) is 11.3 Å². The number of hydrazine groups is 1. The van der Waals surface area contributed by atoms with Crippen LogP contribution in [0, 0.1) is 6.92 Å². The normalized spacial score (nSPS) is 18.3. The highest BCUT2D eigenvalue weighted by molar-refractivity contribution is 7.11. The minimum absolute atomic E-state index is 0.342. The van der Waals surface area contributed by atoms with Gasteiger partial charge in [0, 0.05) is 23.1 Å². The van der Waals surface area contributed by atoms with Gasteiger partial charge in [-0.05, 0) is 18.2 Å². The standard InChI is InChI=1S/C13H15N3O2S/c1-9-15-8-10(19-9)6-7-17-13-11-4-2-3-5-12(11)18-16(13)14/h2-5,8,13H,6-7,14H2,1H3. The number of rotatable bonds is 4. The van der Waals surface area contributed by atoms with Gasteiger partial charge in [0.15, 0.2) is 12.0 Å². The Kier molecular flexibility index (Phi) is 3.48. The lowest BCUT2D eigenvalue weighted by molar-refractivity contribution is -0.176. The second-order valence-corrected chi connectivity index (χ2v) is 5.63. The number of hydrogen-bond donors (Lipinski definition) is 1. The number of hydrogen-bond acceptors (Lipinski definition) is 6. The van der Waals surface area contributed by atoms with Crippen molar-refractivity contribution in [2.24, 2.45) is 5.84 Å². The Morgan fingerprint density at radius 1 is 1.47 bits per heavy atom. The maximum Gasteiger partial charge on any atom is 0.188 e. The lowest BCUT2D eigenvalue weighted by Crippen LogP contribution is -2.34. The molecule has 0 saturated heterocycles. The molecular formula is C13H15N3O2S. The summed E-state index contributed by atoms with van der Waals surface area (Å²) in [5.41, 5.74) is 0.963. The Morgan fingerprint density at radius 2 is 2.32 bits per heavy atom. The van der Waals surface area contributed by atoms with Crippen LogP contribution in [0.15, 0.2) is 30.5 Å². The quantitative estimate of drug-likeness (QED) is 0.868. The van der Waals surface area contributed by atoms with E-state index in [9.17, 15) is 0 Å². The van der Waals surface area contributed by atoms with Crippen LogP contribution in [0.4, 0.5) is 0 Å². The van der Waals surface area contributed by atoms with Crippen LogP contribution in [-0.2, 0) is 11.2 Å². The minimum atomic E-state index is -0.342. The lowest BCUT2D eigenvalue weighted by atomic mass is 10.2. The SMILES string of the molecule is Cc1ncc(CCOC2c3ccccc3ON2N)s1. The van der Waals surface area contributed by atoms with Crippen LogP contribution in [0.25, 0.3) is 0 Å². The molecule has 1 aliphatic rings. The van der Waals surface area contributed by atoms with Gasteiger partial charge in [0.1, 0.15) is 0 Å². The van der Waals surface area contributed by atoms with Crippen molar-refractivity contribution in [2.45, 2.75) is 19.6 Å². The fraction of sp³-hybridized carbons (Fsp3) is 0.308. The first-order chi connectivity index (χ1) is 9.24. The lowest BCUT2D eigenvalue weighted by Gasteiger charge is -2.17. The molecular weight excluding hydrogens is 262 g/mol. The van der Waals surface area contributed by atoms with Gasteiger partial charge >= 0.3 is 0 Å². The molecule has 2 N–H and O–H groups in total. The Labute approximate surface area is 115 Å². The van der Waals surface area contributed by atoms with Crippen molar-refractivity contribution in [2.75, 3.05) is 6.61 Å². The predicted molar refractivity (Wildman–Crippen MR) is 72.3 cm³/mol. The van der Waals surface area contributed by atoms with Crippen LogP contribution < -0.4 is 10.7 Å². The molecule has 6 heteroatoms. The molecule has 1 atom stereocenters. The molecule has 0 amide bonds. The van der Waals surface area contributed by atoms with E-state index in [4.69, 9.17) is 15.4 Å². The molecule has 0 saturated carbocycles. The third kappa shape index (κ3) is 2.62. The van der Waals surface area contributed by atoms with Gasteiger partial charge in [-0.2, -0.15) is 0 Å². The van der Waals surface area contributed by atoms with Gasteiger partial charge in [-0.15, -0.1) is 11.3 Å². The molecule has 0 spiro atoms. The largest absolute Gasteiger partial charge is 0.388 e. The zero-order valence-electron chi connectivity index (χ0n) is 10.6. The number of thiazole rings is 1. The molecule has 0 fully saturated rings. The zero-order chi connectivity index (χ0) is 13.2. The van der Waals surface area contributed by atoms with Gasteiger partial charge in [0.2, 0.25) is 0 Å². The number of ether oxygens (including phenoxy) is 1. The number of aromatic nitrogens is 1. The van der Waals surface area contributed by atoms with Gasteiger partial charge < -0.3 is 9.57 Å². The average Bonchev–Trinajstić information content (AvgIpc) is 2.94. The fourth-order valence-electron chi connectivity index (χ4n) is 2.02. The van der Waals surface area contributed by atoms with E-state index in [0.29, 0.717) is 6.61 Å². The topological polar surface area (TPSA) is 60.6 Å². The first-order valence-electron chi connectivity index (χ1n) is 6.08. The van der Waals surface area contributed by atoms with Crippen LogP contribution in [0.5, 0.6) is 5.75 Å². The highest BCUT2D eigenvalue weighted by atomic mass is 32.1. The van der Waals surface area contributed by atoms with Gasteiger partial charge in [-0.1, -0.05) is 18.2 Å². The van der Waals surface area contributed by atoms with Crippen molar-refractivity contribution >= 4 is 11.3 Å². The third-order valence-electron chi connectivity index (χ3n) is 2.91. The molecule has 0 aliphatic carbocycles. The minimum Gasteiger partial charge on any atom is -0.388 e. The summed E-state index contributed by atoms with van der Waals surface area (Å²) in [5, 5.41) is 2.33. The Bertz CT molecular complexity index is 573. The molecule has 100 valence electrons. The maximum atomic E-state index is 5.81. The van der Waals surface area contributed by atoms with Crippen molar-refractivity contribution in [1.29, 1.82) is 0 Å². The number of nitrogens with zero attached hydrogens (tertiary/aromatic N) is 2. The highest BCUT2D eigenvalue weighted by Crippen LogP contribution is 2.35. The van der Waals surface area contributed by atoms with Gasteiger partial charge in [-0.3, -0.25) is 0 Å². The van der Waals surface area contributed by atoms with E-state index < -0.39 is 0 Å². The number of para-hydroxylation sites is 1. The number of benzene rings is 1. The van der Waals surface area contributed by atoms with Crippen LogP contribution >= 0.6 is 11.3 Å². The summed E-state index contributed by atoms with van der Waals surface area (Å²) in [6, 6.07) is 7.70. The Hall–Kier alpha value is -1.47. The van der Waals surface area contributed by atoms with E-state index in [1.165, 1.54) is 10.0 Å². The molecule has 0 radical (unpaired) electrons. The molecule has 1 unspecified atom stereocenters. The number of fused-ring (bicyclic) bond motifs is 1. The van der Waals surface area contributed by atoms with E-state index in [1.807, 2.05) is 37.4 Å². The van der Waals surface area contributed by atoms with Gasteiger partial charge in [0.25, 0.3) is 0 Å². The summed E-state index contributed by atoms with van der Waals surface area (Å²) in [5.74, 6) is 6.54. The first-order valence-corrected chi connectivity index (χ1v) is 6.89. The number of aryl methyl sites for hydroxylation is 1. The molecule has 3 rings (SSSR count). The van der Waals surface area contributed by atoms with Crippen LogP contribution in [-0.4, -0.2) is 16.8 Å². The van der Waals surface area contributed by atoms with Gasteiger partial charge in [-0.25, -0.2) is 10.8 Å². The highest BCUT2D eigenvalue weighted by Gasteiger charge is 2.30. The van der Waals surface area contributed by atoms with Crippen molar-refractivity contribution in [3.05, 3.63) is 45.9 Å². The van der Waals surface area contributed by atoms with Crippen molar-refractivity contribution in [3.8, 4) is 5.75 Å². The van der Waals surface area contributed by atoms with E-state index in [-0.39, 0.29) is 6.23 Å². The zero-order valence-corrected chi connectivity index (χ0v) is 11.4. The van der Waals surface area contributed by atoms with E-state index >= 15 is 0 Å². The maximum absolute atomic E-state index is 5.81. The molecule has 1 aromatic heterocycles. The summed E-state index contributed by atoms with van der Waals surface area (Å²) < 4.78 is 5.81. The average molecular weight is 277 g/mol. The number of nitrogens with two attached hydrogens (primary N) is 1. The van der Waals surface area contributed by atoms with Crippen LogP contribution in [0.2, 0.25) is 0 Å². The van der Waals surface area contributed by atoms with Crippen LogP contribution in [0.3, 0.4) is 0 Å². The summed E-state index contributed by atoms with van der Waals surface area (Å²) in [7, 11) is 0. The first kappa shape index (κ1) is 12.6. The fourth-order valence-corrected chi connectivity index (χ4v) is 2.80. The van der Waals surface area contributed by atoms with Crippen molar-refractivity contribution < 1.29 is 9.57 Å². The van der Waals surface area contributed by atoms with Crippen molar-refractivity contribution in [1.82, 2.24) is 10.2 Å². The molecule has 5 nitrogen and oxygen atoms in total. The van der Waals surface area contributed by atoms with Gasteiger partial charge in [0.05, 0.1) is 11.6 Å². The third-order valence-corrected chi connectivity index (χ3v) is 3.89. The molecule has 1 aromatic carbocycles. The molecule has 0 bridgehead atoms. The number of hydroxylamine groups is 1. The summed E-state index contributed by atoms with van der Waals surface area (Å²) in [6.07, 6.45) is 2.38. The molecule has 1 aliphatic heterocycles.